The van der Waals surface area contributed by atoms with E-state index < -0.39 is 5.97 Å². The van der Waals surface area contributed by atoms with Crippen molar-refractivity contribution in [3.05, 3.63) is 29.1 Å². The summed E-state index contributed by atoms with van der Waals surface area (Å²) in [6.07, 6.45) is 1.20. The van der Waals surface area contributed by atoms with Gasteiger partial charge in [0, 0.05) is 11.6 Å². The van der Waals surface area contributed by atoms with Gasteiger partial charge < -0.3 is 5.11 Å². The van der Waals surface area contributed by atoms with Crippen molar-refractivity contribution in [3.8, 4) is 0 Å². The van der Waals surface area contributed by atoms with Crippen LogP contribution in [0.1, 0.15) is 35.4 Å². The summed E-state index contributed by atoms with van der Waals surface area (Å²) in [7, 11) is 0. The van der Waals surface area contributed by atoms with Crippen LogP contribution in [0.3, 0.4) is 0 Å². The first-order valence-electron chi connectivity index (χ1n) is 5.78. The van der Waals surface area contributed by atoms with Crippen molar-refractivity contribution >= 4 is 5.97 Å². The Hall–Kier alpha value is -2.18. The van der Waals surface area contributed by atoms with Crippen molar-refractivity contribution in [2.24, 2.45) is 5.92 Å². The summed E-state index contributed by atoms with van der Waals surface area (Å²) in [6, 6.07) is 1.94. The van der Waals surface area contributed by atoms with E-state index >= 15 is 0 Å². The van der Waals surface area contributed by atoms with Gasteiger partial charge in [-0.05, 0) is 19.4 Å². The van der Waals surface area contributed by atoms with Crippen molar-refractivity contribution in [3.63, 3.8) is 0 Å². The lowest BCUT2D eigenvalue weighted by Crippen LogP contribution is -1.99. The maximum Gasteiger partial charge on any atom is 0.307 e. The molecule has 0 spiro atoms. The van der Waals surface area contributed by atoms with E-state index in [1.54, 1.807) is 0 Å². The SMILES string of the molecule is Cc1cc(Cc2nc([C@@H]3C[C@H]3C(=O)O)n[nH]2)n[nH]1. The fourth-order valence-electron chi connectivity index (χ4n) is 2.04. The molecule has 0 aromatic carbocycles. The van der Waals surface area contributed by atoms with Crippen LogP contribution in [0.25, 0.3) is 0 Å². The Balaban J connectivity index is 1.69. The molecule has 0 bridgehead atoms. The van der Waals surface area contributed by atoms with Crippen LogP contribution in [-0.2, 0) is 11.2 Å². The Bertz CT molecular complexity index is 588. The number of hydrogen-bond acceptors (Lipinski definition) is 4. The molecule has 0 radical (unpaired) electrons. The third-order valence-electron chi connectivity index (χ3n) is 3.10. The van der Waals surface area contributed by atoms with Crippen molar-refractivity contribution in [1.82, 2.24) is 25.4 Å². The molecule has 1 fully saturated rings. The second-order valence-corrected chi connectivity index (χ2v) is 4.65. The Labute approximate surface area is 103 Å². The fraction of sp³-hybridized carbons (Fsp3) is 0.455. The highest BCUT2D eigenvalue weighted by atomic mass is 16.4. The number of nitrogens with zero attached hydrogens (tertiary/aromatic N) is 3. The first-order valence-corrected chi connectivity index (χ1v) is 5.78. The second kappa shape index (κ2) is 3.94. The van der Waals surface area contributed by atoms with E-state index in [0.717, 1.165) is 11.4 Å². The monoisotopic (exact) mass is 247 g/mol. The van der Waals surface area contributed by atoms with Crippen LogP contribution in [0.2, 0.25) is 0 Å². The molecule has 0 aliphatic heterocycles. The predicted molar refractivity (Wildman–Crippen MR) is 61.0 cm³/mol. The first-order chi connectivity index (χ1) is 8.63. The lowest BCUT2D eigenvalue weighted by molar-refractivity contribution is -0.138. The minimum atomic E-state index is -0.769. The molecule has 1 aliphatic rings. The van der Waals surface area contributed by atoms with Gasteiger partial charge in [0.1, 0.15) is 5.82 Å². The molecular formula is C11H13N5O2. The second-order valence-electron chi connectivity index (χ2n) is 4.65. The number of carboxylic acid groups (broad SMARTS) is 1. The minimum absolute atomic E-state index is 0.0339. The van der Waals surface area contributed by atoms with E-state index in [2.05, 4.69) is 25.4 Å². The van der Waals surface area contributed by atoms with Crippen molar-refractivity contribution in [2.75, 3.05) is 0 Å². The molecule has 2 aromatic heterocycles. The Morgan fingerprint density at radius 1 is 1.50 bits per heavy atom. The predicted octanol–water partition coefficient (Wildman–Crippen LogP) is 0.615. The number of aromatic amines is 2. The third kappa shape index (κ3) is 1.99. The van der Waals surface area contributed by atoms with Crippen LogP contribution in [0.5, 0.6) is 0 Å². The number of rotatable bonds is 4. The van der Waals surface area contributed by atoms with Crippen LogP contribution in [0.4, 0.5) is 0 Å². The quantitative estimate of drug-likeness (QED) is 0.733. The Morgan fingerprint density at radius 2 is 2.33 bits per heavy atom. The van der Waals surface area contributed by atoms with E-state index in [4.69, 9.17) is 5.11 Å². The molecule has 3 N–H and O–H groups in total. The lowest BCUT2D eigenvalue weighted by atomic mass is 10.3. The normalized spacial score (nSPS) is 22.1. The zero-order valence-corrected chi connectivity index (χ0v) is 9.84. The van der Waals surface area contributed by atoms with Crippen LogP contribution in [0.15, 0.2) is 6.07 Å². The van der Waals surface area contributed by atoms with Crippen molar-refractivity contribution in [2.45, 2.75) is 25.7 Å². The largest absolute Gasteiger partial charge is 0.481 e. The van der Waals surface area contributed by atoms with Crippen molar-refractivity contribution in [1.29, 1.82) is 0 Å². The van der Waals surface area contributed by atoms with Gasteiger partial charge in [0.2, 0.25) is 0 Å². The average Bonchev–Trinajstić information content (AvgIpc) is 2.84. The zero-order valence-electron chi connectivity index (χ0n) is 9.84. The minimum Gasteiger partial charge on any atom is -0.481 e. The number of nitrogens with one attached hydrogen (secondary N) is 2. The van der Waals surface area contributed by atoms with E-state index in [1.807, 2.05) is 13.0 Å². The molecule has 94 valence electrons. The molecule has 7 nitrogen and oxygen atoms in total. The maximum absolute atomic E-state index is 10.8. The zero-order chi connectivity index (χ0) is 12.7. The number of hydrogen-bond donors (Lipinski definition) is 3. The first kappa shape index (κ1) is 10.9. The Morgan fingerprint density at radius 3 is 2.94 bits per heavy atom. The van der Waals surface area contributed by atoms with Crippen LogP contribution >= 0.6 is 0 Å². The molecule has 2 heterocycles. The summed E-state index contributed by atoms with van der Waals surface area (Å²) in [5.41, 5.74) is 1.89. The molecule has 2 atom stereocenters. The molecule has 0 unspecified atom stereocenters. The molecule has 18 heavy (non-hydrogen) atoms. The lowest BCUT2D eigenvalue weighted by Gasteiger charge is -1.90. The van der Waals surface area contributed by atoms with Crippen LogP contribution < -0.4 is 0 Å². The number of aromatic nitrogens is 5. The number of H-pyrrole nitrogens is 2. The molecule has 2 aromatic rings. The highest BCUT2D eigenvalue weighted by Gasteiger charge is 2.46. The van der Waals surface area contributed by atoms with Gasteiger partial charge in [0.05, 0.1) is 18.0 Å². The van der Waals surface area contributed by atoms with Gasteiger partial charge >= 0.3 is 5.97 Å². The molecule has 1 aliphatic carbocycles. The molecule has 7 heteroatoms. The molecule has 1 saturated carbocycles. The summed E-state index contributed by atoms with van der Waals surface area (Å²) in [5.74, 6) is 0.196. The van der Waals surface area contributed by atoms with Crippen molar-refractivity contribution < 1.29 is 9.90 Å². The van der Waals surface area contributed by atoms with Gasteiger partial charge in [0.15, 0.2) is 5.82 Å². The highest BCUT2D eigenvalue weighted by molar-refractivity contribution is 5.74. The van der Waals surface area contributed by atoms with Gasteiger partial charge in [0.25, 0.3) is 0 Å². The number of aliphatic carboxylic acids is 1. The third-order valence-corrected chi connectivity index (χ3v) is 3.10. The van der Waals surface area contributed by atoms with E-state index in [9.17, 15) is 4.79 Å². The number of aryl methyl sites for hydroxylation is 1. The summed E-state index contributed by atoms with van der Waals surface area (Å²) in [5, 5.41) is 22.7. The molecular weight excluding hydrogens is 234 g/mol. The maximum atomic E-state index is 10.8. The Kier molecular flexibility index (Phi) is 2.39. The summed E-state index contributed by atoms with van der Waals surface area (Å²) < 4.78 is 0. The summed E-state index contributed by atoms with van der Waals surface area (Å²) in [4.78, 5) is 15.1. The van der Waals surface area contributed by atoms with Gasteiger partial charge in [-0.3, -0.25) is 15.0 Å². The van der Waals surface area contributed by atoms with Gasteiger partial charge in [-0.1, -0.05) is 0 Å². The molecule has 0 saturated heterocycles. The van der Waals surface area contributed by atoms with Gasteiger partial charge in [-0.25, -0.2) is 4.98 Å². The van der Waals surface area contributed by atoms with Crippen LogP contribution in [0, 0.1) is 12.8 Å². The number of carboxylic acids is 1. The van der Waals surface area contributed by atoms with E-state index in [1.165, 1.54) is 0 Å². The highest BCUT2D eigenvalue weighted by Crippen LogP contribution is 2.45. The standard InChI is InChI=1S/C11H13N5O2/c1-5-2-6(14-13-5)3-9-12-10(16-15-9)7-4-8(7)11(17)18/h2,7-8H,3-4H2,1H3,(H,13,14)(H,17,18)(H,12,15,16)/t7-,8-/m1/s1. The number of carbonyl (C=O) groups is 1. The smallest absolute Gasteiger partial charge is 0.307 e. The topological polar surface area (TPSA) is 108 Å². The molecule has 0 amide bonds. The van der Waals surface area contributed by atoms with Gasteiger partial charge in [-0.15, -0.1) is 0 Å². The van der Waals surface area contributed by atoms with Gasteiger partial charge in [-0.2, -0.15) is 10.2 Å². The van der Waals surface area contributed by atoms with Crippen LogP contribution in [-0.4, -0.2) is 36.5 Å². The fourth-order valence-corrected chi connectivity index (χ4v) is 2.04. The van der Waals surface area contributed by atoms with E-state index in [-0.39, 0.29) is 11.8 Å². The molecule has 3 rings (SSSR count). The van der Waals surface area contributed by atoms with E-state index in [0.29, 0.717) is 24.5 Å². The average molecular weight is 247 g/mol. The summed E-state index contributed by atoms with van der Waals surface area (Å²) in [6.45, 7) is 1.93. The summed E-state index contributed by atoms with van der Waals surface area (Å²) >= 11 is 0.